The number of alkyl halides is 9. The van der Waals surface area contributed by atoms with E-state index in [0.717, 1.165) is 16.7 Å². The van der Waals surface area contributed by atoms with Gasteiger partial charge in [0.15, 0.2) is 0 Å². The van der Waals surface area contributed by atoms with E-state index in [2.05, 4.69) is 6.07 Å². The van der Waals surface area contributed by atoms with Gasteiger partial charge in [0.25, 0.3) is 0 Å². The summed E-state index contributed by atoms with van der Waals surface area (Å²) in [6, 6.07) is 6.16. The fraction of sp³-hybridized carbons (Fsp3) is 0.600. The van der Waals surface area contributed by atoms with Crippen LogP contribution in [-0.2, 0) is 19.3 Å². The number of rotatable bonds is 6. The third kappa shape index (κ3) is 4.67. The van der Waals surface area contributed by atoms with Gasteiger partial charge in [-0.15, -0.1) is 104 Å². The van der Waals surface area contributed by atoms with Crippen molar-refractivity contribution in [3.05, 3.63) is 65.1 Å². The van der Waals surface area contributed by atoms with Gasteiger partial charge >= 0.3 is 0 Å². The fourth-order valence-electron chi connectivity index (χ4n) is 8.59. The van der Waals surface area contributed by atoms with Gasteiger partial charge in [0.1, 0.15) is 0 Å². The molecule has 0 aromatic heterocycles. The molecule has 12 atom stereocenters. The zero-order valence-electron chi connectivity index (χ0n) is 22.6. The maximum absolute atomic E-state index is 7.19. The first-order valence-electron chi connectivity index (χ1n) is 14.0. The lowest BCUT2D eigenvalue weighted by molar-refractivity contribution is 0.452. The van der Waals surface area contributed by atoms with Crippen molar-refractivity contribution in [3.63, 3.8) is 0 Å². The second kappa shape index (κ2) is 11.4. The summed E-state index contributed by atoms with van der Waals surface area (Å²) in [7, 11) is 0. The predicted octanol–water partition coefficient (Wildman–Crippen LogP) is 13.2. The molecule has 0 radical (unpaired) electrons. The number of fused-ring (bicyclic) bond motifs is 6. The van der Waals surface area contributed by atoms with Crippen molar-refractivity contribution in [1.82, 2.24) is 0 Å². The molecule has 15 heteroatoms. The van der Waals surface area contributed by atoms with Crippen molar-refractivity contribution in [2.75, 3.05) is 0 Å². The Kier molecular flexibility index (Phi) is 9.16. The van der Waals surface area contributed by atoms with Crippen LogP contribution in [-0.4, -0.2) is 45.4 Å². The zero-order chi connectivity index (χ0) is 33.0. The number of hydrogen-bond acceptors (Lipinski definition) is 0. The molecule has 0 saturated heterocycles. The molecule has 3 fully saturated rings. The van der Waals surface area contributed by atoms with Gasteiger partial charge in [-0.25, -0.2) is 0 Å². The summed E-state index contributed by atoms with van der Waals surface area (Å²) in [6.45, 7) is 0. The number of benzene rings is 1. The average molecular weight is 913 g/mol. The first-order chi connectivity index (χ1) is 20.7. The number of hydrogen-bond donors (Lipinski definition) is 0. The summed E-state index contributed by atoms with van der Waals surface area (Å²) in [6.07, 6.45) is 2.37. The topological polar surface area (TPSA) is 0 Å². The highest BCUT2D eigenvalue weighted by Gasteiger charge is 2.70. The van der Waals surface area contributed by atoms with Crippen LogP contribution < -0.4 is 0 Å². The Bertz CT molecular complexity index is 1620. The molecule has 6 aliphatic rings. The fourth-order valence-corrected chi connectivity index (χ4v) is 16.0. The molecule has 3 saturated carbocycles. The van der Waals surface area contributed by atoms with Gasteiger partial charge in [-0.2, -0.15) is 0 Å². The van der Waals surface area contributed by atoms with E-state index in [1.165, 1.54) is 0 Å². The van der Waals surface area contributed by atoms with E-state index in [1.54, 1.807) is 0 Å². The van der Waals surface area contributed by atoms with Crippen LogP contribution >= 0.6 is 174 Å². The Labute approximate surface area is 337 Å². The van der Waals surface area contributed by atoms with Crippen LogP contribution in [0, 0.1) is 17.8 Å². The van der Waals surface area contributed by atoms with E-state index < -0.39 is 45.4 Å². The van der Waals surface area contributed by atoms with Gasteiger partial charge in [0.2, 0.25) is 0 Å². The molecular formula is C30H21Cl15. The molecule has 7 rings (SSSR count). The summed E-state index contributed by atoms with van der Waals surface area (Å²) in [5.74, 6) is -0.956. The number of allylic oxidation sites excluding steroid dienone is 6. The Hall–Kier alpha value is 2.79. The maximum Gasteiger partial charge on any atom is 0.0999 e. The molecule has 1 aromatic carbocycles. The molecule has 0 N–H and O–H groups in total. The molecule has 12 unspecified atom stereocenters. The van der Waals surface area contributed by atoms with Crippen molar-refractivity contribution in [2.45, 2.75) is 83.9 Å². The minimum atomic E-state index is -1.06. The standard InChI is InChI=1S/C30H21Cl15/c31-16-13(25(40)7-28(16,43)22(37)19(25)34)4-10-1-2-11(5-14-17(32)29(44)8-26(14,41)20(35)23(29)38)12(3-10)6-15-18(33)30(45)9-27(15,42)21(36)24(30)39/h1-3,13-18H,4-9H2. The molecule has 6 bridgehead atoms. The van der Waals surface area contributed by atoms with E-state index in [9.17, 15) is 0 Å². The van der Waals surface area contributed by atoms with E-state index >= 15 is 0 Å². The third-order valence-electron chi connectivity index (χ3n) is 11.1. The van der Waals surface area contributed by atoms with Gasteiger partial charge in [-0.1, -0.05) is 87.8 Å². The first-order valence-corrected chi connectivity index (χ1v) is 19.9. The normalized spacial score (nSPS) is 49.9. The maximum atomic E-state index is 7.19. The molecular weight excluding hydrogens is 892 g/mol. The zero-order valence-corrected chi connectivity index (χ0v) is 33.9. The van der Waals surface area contributed by atoms with Gasteiger partial charge in [-0.3, -0.25) is 0 Å². The van der Waals surface area contributed by atoms with Crippen molar-refractivity contribution < 1.29 is 0 Å². The summed E-state index contributed by atoms with van der Waals surface area (Å²) in [5.41, 5.74) is 2.88. The van der Waals surface area contributed by atoms with Crippen LogP contribution in [0.2, 0.25) is 0 Å². The summed E-state index contributed by atoms with van der Waals surface area (Å²) < 4.78 is 0. The lowest BCUT2D eigenvalue weighted by Gasteiger charge is -2.37. The van der Waals surface area contributed by atoms with E-state index in [0.29, 0.717) is 68.7 Å². The molecule has 0 nitrogen and oxygen atoms in total. The SMILES string of the molecule is ClC1=C(Cl)C2(Cl)CC1(Cl)C(Cl)C2Cc1ccc(CC2C(Cl)C3(Cl)CC2(Cl)C(Cl)=C3Cl)c(CC2C(Cl)C3(Cl)CC2(Cl)C(Cl)=C3Cl)c1. The predicted molar refractivity (Wildman–Crippen MR) is 198 cm³/mol. The molecule has 45 heavy (non-hydrogen) atoms. The van der Waals surface area contributed by atoms with Gasteiger partial charge in [-0.05, 0) is 55.2 Å². The van der Waals surface area contributed by atoms with Crippen LogP contribution in [0.15, 0.2) is 48.4 Å². The third-order valence-corrected chi connectivity index (χ3v) is 20.9. The average Bonchev–Trinajstić information content (AvgIpc) is 3.59. The smallest absolute Gasteiger partial charge is 0.0999 e. The van der Waals surface area contributed by atoms with Crippen molar-refractivity contribution in [3.8, 4) is 0 Å². The molecule has 0 aliphatic heterocycles. The van der Waals surface area contributed by atoms with E-state index in [1.807, 2.05) is 12.1 Å². The molecule has 0 spiro atoms. The van der Waals surface area contributed by atoms with Crippen molar-refractivity contribution in [2.24, 2.45) is 17.8 Å². The van der Waals surface area contributed by atoms with Crippen LogP contribution in [0.25, 0.3) is 0 Å². The van der Waals surface area contributed by atoms with E-state index in [-0.39, 0.29) is 17.8 Å². The van der Waals surface area contributed by atoms with Crippen LogP contribution in [0.5, 0.6) is 0 Å². The molecule has 246 valence electrons. The minimum Gasteiger partial charge on any atom is -0.120 e. The Balaban J connectivity index is 1.27. The summed E-state index contributed by atoms with van der Waals surface area (Å²) in [4.78, 5) is -6.14. The second-order valence-electron chi connectivity index (χ2n) is 13.3. The monoisotopic (exact) mass is 906 g/mol. The van der Waals surface area contributed by atoms with E-state index in [4.69, 9.17) is 174 Å². The molecule has 6 aliphatic carbocycles. The lowest BCUT2D eigenvalue weighted by atomic mass is 9.79. The van der Waals surface area contributed by atoms with Gasteiger partial charge in [0, 0.05) is 17.8 Å². The first kappa shape index (κ1) is 36.2. The van der Waals surface area contributed by atoms with Crippen molar-refractivity contribution >= 4 is 174 Å². The molecule has 1 aromatic rings. The molecule has 0 amide bonds. The summed E-state index contributed by atoms with van der Waals surface area (Å²) >= 11 is 103. The van der Waals surface area contributed by atoms with Gasteiger partial charge in [0.05, 0.1) is 75.6 Å². The minimum absolute atomic E-state index is 0.289. The summed E-state index contributed by atoms with van der Waals surface area (Å²) in [5, 5.41) is 0.221. The van der Waals surface area contributed by atoms with Crippen LogP contribution in [0.3, 0.4) is 0 Å². The highest BCUT2D eigenvalue weighted by Crippen LogP contribution is 2.70. The Morgan fingerprint density at radius 1 is 0.444 bits per heavy atom. The van der Waals surface area contributed by atoms with Crippen molar-refractivity contribution in [1.29, 1.82) is 0 Å². The largest absolute Gasteiger partial charge is 0.120 e. The lowest BCUT2D eigenvalue weighted by Crippen LogP contribution is -2.40. The van der Waals surface area contributed by atoms with Crippen LogP contribution in [0.1, 0.15) is 36.0 Å². The molecule has 0 heterocycles. The van der Waals surface area contributed by atoms with Crippen LogP contribution in [0.4, 0.5) is 0 Å². The number of halogens is 15. The Morgan fingerprint density at radius 2 is 0.756 bits per heavy atom. The highest BCUT2D eigenvalue weighted by molar-refractivity contribution is 6.55. The Morgan fingerprint density at radius 3 is 1.11 bits per heavy atom. The quantitative estimate of drug-likeness (QED) is 0.250. The second-order valence-corrected chi connectivity index (χ2v) is 21.1. The highest BCUT2D eigenvalue weighted by atomic mass is 35.5. The van der Waals surface area contributed by atoms with Gasteiger partial charge < -0.3 is 0 Å².